The van der Waals surface area contributed by atoms with E-state index in [-0.39, 0.29) is 24.0 Å². The average molecular weight is 268 g/mol. The molecule has 0 spiro atoms. The molecule has 19 heavy (non-hydrogen) atoms. The Morgan fingerprint density at radius 3 is 2.74 bits per heavy atom. The monoisotopic (exact) mass is 268 g/mol. The molecule has 1 aliphatic heterocycles. The third kappa shape index (κ3) is 2.72. The molecule has 0 saturated carbocycles. The number of benzene rings is 1. The highest BCUT2D eigenvalue weighted by molar-refractivity contribution is 6.06. The van der Waals surface area contributed by atoms with Crippen molar-refractivity contribution in [3.63, 3.8) is 0 Å². The Kier molecular flexibility index (Phi) is 3.78. The molecule has 1 aromatic rings. The Hall–Kier alpha value is -1.98. The van der Waals surface area contributed by atoms with Crippen LogP contribution in [0.4, 0.5) is 14.5 Å². The van der Waals surface area contributed by atoms with Gasteiger partial charge in [0.1, 0.15) is 24.2 Å². The van der Waals surface area contributed by atoms with Gasteiger partial charge in [-0.2, -0.15) is 0 Å². The molecule has 0 aliphatic carbocycles. The number of carbonyl (C=O) groups excluding carboxylic acids is 2. The molecule has 1 aliphatic rings. The molecule has 6 heteroatoms. The molecule has 1 N–H and O–H groups in total. The molecule has 1 atom stereocenters. The molecule has 0 bridgehead atoms. The predicted octanol–water partition coefficient (Wildman–Crippen LogP) is 1.60. The van der Waals surface area contributed by atoms with Gasteiger partial charge in [0, 0.05) is 6.07 Å². The largest absolute Gasteiger partial charge is 0.343 e. The molecule has 1 aromatic carbocycles. The minimum atomic E-state index is -0.849. The van der Waals surface area contributed by atoms with E-state index in [1.807, 2.05) is 6.92 Å². The molecule has 4 nitrogen and oxygen atoms in total. The standard InChI is InChI=1S/C13H14F2N2O2/c1-2-3-10-13(19)17(7-12(18)16-10)11-5-4-8(14)6-9(11)15/h4-6,10H,2-3,7H2,1H3,(H,16,18). The van der Waals surface area contributed by atoms with Crippen molar-refractivity contribution >= 4 is 17.5 Å². The fourth-order valence-corrected chi connectivity index (χ4v) is 2.10. The van der Waals surface area contributed by atoms with Crippen molar-refractivity contribution in [2.75, 3.05) is 11.4 Å². The lowest BCUT2D eigenvalue weighted by Crippen LogP contribution is -2.58. The fraction of sp³-hybridized carbons (Fsp3) is 0.385. The SMILES string of the molecule is CCCC1NC(=O)CN(c2ccc(F)cc2F)C1=O. The van der Waals surface area contributed by atoms with Crippen LogP contribution in [0.25, 0.3) is 0 Å². The van der Waals surface area contributed by atoms with Crippen molar-refractivity contribution < 1.29 is 18.4 Å². The zero-order chi connectivity index (χ0) is 14.0. The molecule has 1 heterocycles. The van der Waals surface area contributed by atoms with Crippen molar-refractivity contribution in [1.29, 1.82) is 0 Å². The van der Waals surface area contributed by atoms with E-state index in [2.05, 4.69) is 5.32 Å². The number of rotatable bonds is 3. The number of hydrogen-bond acceptors (Lipinski definition) is 2. The number of amides is 2. The Bertz CT molecular complexity index is 519. The minimum Gasteiger partial charge on any atom is -0.343 e. The molecule has 0 aromatic heterocycles. The number of carbonyl (C=O) groups is 2. The van der Waals surface area contributed by atoms with Crippen molar-refractivity contribution in [3.8, 4) is 0 Å². The average Bonchev–Trinajstić information content (AvgIpc) is 2.34. The smallest absolute Gasteiger partial charge is 0.250 e. The maximum Gasteiger partial charge on any atom is 0.250 e. The normalized spacial score (nSPS) is 19.5. The Balaban J connectivity index is 2.31. The third-order valence-electron chi connectivity index (χ3n) is 2.98. The van der Waals surface area contributed by atoms with Gasteiger partial charge in [-0.15, -0.1) is 0 Å². The first kappa shape index (κ1) is 13.5. The number of nitrogens with one attached hydrogen (secondary N) is 1. The van der Waals surface area contributed by atoms with Crippen LogP contribution >= 0.6 is 0 Å². The van der Waals surface area contributed by atoms with Crippen LogP contribution < -0.4 is 10.2 Å². The molecule has 2 amide bonds. The number of anilines is 1. The summed E-state index contributed by atoms with van der Waals surface area (Å²) in [6.45, 7) is 1.64. The molecule has 1 fully saturated rings. The lowest BCUT2D eigenvalue weighted by atomic mass is 10.1. The van der Waals surface area contributed by atoms with E-state index in [4.69, 9.17) is 0 Å². The van der Waals surface area contributed by atoms with Gasteiger partial charge in [-0.1, -0.05) is 13.3 Å². The summed E-state index contributed by atoms with van der Waals surface area (Å²) in [7, 11) is 0. The summed E-state index contributed by atoms with van der Waals surface area (Å²) in [6.07, 6.45) is 1.21. The summed E-state index contributed by atoms with van der Waals surface area (Å²) in [5, 5.41) is 2.57. The number of hydrogen-bond donors (Lipinski definition) is 1. The van der Waals surface area contributed by atoms with E-state index in [0.29, 0.717) is 12.5 Å². The second-order valence-corrected chi connectivity index (χ2v) is 4.43. The van der Waals surface area contributed by atoms with Gasteiger partial charge in [0.05, 0.1) is 5.69 Å². The quantitative estimate of drug-likeness (QED) is 0.905. The fourth-order valence-electron chi connectivity index (χ4n) is 2.10. The van der Waals surface area contributed by atoms with Gasteiger partial charge in [0.2, 0.25) is 11.8 Å². The van der Waals surface area contributed by atoms with Crippen molar-refractivity contribution in [2.24, 2.45) is 0 Å². The van der Waals surface area contributed by atoms with Gasteiger partial charge in [0.15, 0.2) is 0 Å². The van der Waals surface area contributed by atoms with Crippen LogP contribution in [0.5, 0.6) is 0 Å². The lowest BCUT2D eigenvalue weighted by Gasteiger charge is -2.32. The van der Waals surface area contributed by atoms with Gasteiger partial charge >= 0.3 is 0 Å². The van der Waals surface area contributed by atoms with Gasteiger partial charge in [0.25, 0.3) is 0 Å². The van der Waals surface area contributed by atoms with Crippen LogP contribution in [0, 0.1) is 11.6 Å². The first-order valence-electron chi connectivity index (χ1n) is 6.08. The van der Waals surface area contributed by atoms with E-state index < -0.39 is 17.7 Å². The van der Waals surface area contributed by atoms with Crippen LogP contribution in [0.2, 0.25) is 0 Å². The summed E-state index contributed by atoms with van der Waals surface area (Å²) < 4.78 is 26.5. The van der Waals surface area contributed by atoms with Crippen LogP contribution in [-0.2, 0) is 9.59 Å². The van der Waals surface area contributed by atoms with E-state index in [9.17, 15) is 18.4 Å². The summed E-state index contributed by atoms with van der Waals surface area (Å²) in [5.41, 5.74) is -0.0673. The Morgan fingerprint density at radius 2 is 2.11 bits per heavy atom. The van der Waals surface area contributed by atoms with Crippen molar-refractivity contribution in [1.82, 2.24) is 5.32 Å². The molecule has 0 radical (unpaired) electrons. The predicted molar refractivity (Wildman–Crippen MR) is 65.5 cm³/mol. The molecular formula is C13H14F2N2O2. The van der Waals surface area contributed by atoms with Crippen LogP contribution in [0.15, 0.2) is 18.2 Å². The summed E-state index contributed by atoms with van der Waals surface area (Å²) in [6, 6.07) is 2.29. The molecule has 1 saturated heterocycles. The van der Waals surface area contributed by atoms with Crippen LogP contribution in [-0.4, -0.2) is 24.4 Å². The summed E-state index contributed by atoms with van der Waals surface area (Å²) in [4.78, 5) is 24.8. The molecule has 2 rings (SSSR count). The maximum atomic E-state index is 13.7. The summed E-state index contributed by atoms with van der Waals surface area (Å²) >= 11 is 0. The van der Waals surface area contributed by atoms with E-state index in [0.717, 1.165) is 17.4 Å². The van der Waals surface area contributed by atoms with Gasteiger partial charge in [-0.05, 0) is 18.6 Å². The van der Waals surface area contributed by atoms with Gasteiger partial charge in [-0.3, -0.25) is 14.5 Å². The summed E-state index contributed by atoms with van der Waals surface area (Å²) in [5.74, 6) is -2.28. The second kappa shape index (κ2) is 5.34. The lowest BCUT2D eigenvalue weighted by molar-refractivity contribution is -0.131. The van der Waals surface area contributed by atoms with Crippen molar-refractivity contribution in [3.05, 3.63) is 29.8 Å². The van der Waals surface area contributed by atoms with E-state index in [1.54, 1.807) is 0 Å². The molecular weight excluding hydrogens is 254 g/mol. The number of piperazine rings is 1. The Labute approximate surface area is 109 Å². The minimum absolute atomic E-state index is 0.0673. The highest BCUT2D eigenvalue weighted by Gasteiger charge is 2.34. The number of halogens is 2. The van der Waals surface area contributed by atoms with Gasteiger partial charge in [-0.25, -0.2) is 8.78 Å². The first-order chi connectivity index (χ1) is 9.02. The molecule has 1 unspecified atom stereocenters. The number of nitrogens with zero attached hydrogens (tertiary/aromatic N) is 1. The van der Waals surface area contributed by atoms with E-state index in [1.165, 1.54) is 6.07 Å². The van der Waals surface area contributed by atoms with Gasteiger partial charge < -0.3 is 5.32 Å². The third-order valence-corrected chi connectivity index (χ3v) is 2.98. The van der Waals surface area contributed by atoms with Crippen LogP contribution in [0.1, 0.15) is 19.8 Å². The topological polar surface area (TPSA) is 49.4 Å². The van der Waals surface area contributed by atoms with Crippen molar-refractivity contribution in [2.45, 2.75) is 25.8 Å². The van der Waals surface area contributed by atoms with Crippen LogP contribution in [0.3, 0.4) is 0 Å². The zero-order valence-corrected chi connectivity index (χ0v) is 10.5. The first-order valence-corrected chi connectivity index (χ1v) is 6.08. The highest BCUT2D eigenvalue weighted by Crippen LogP contribution is 2.23. The zero-order valence-electron chi connectivity index (χ0n) is 10.5. The Morgan fingerprint density at radius 1 is 1.37 bits per heavy atom. The maximum absolute atomic E-state index is 13.7. The highest BCUT2D eigenvalue weighted by atomic mass is 19.1. The molecule has 102 valence electrons. The second-order valence-electron chi connectivity index (χ2n) is 4.43. The van der Waals surface area contributed by atoms with E-state index >= 15 is 0 Å².